The summed E-state index contributed by atoms with van der Waals surface area (Å²) >= 11 is 0. The second kappa shape index (κ2) is 9.97. The molecule has 1 N–H and O–H groups in total. The molecule has 2 aromatic rings. The molecular formula is C22H29N3O3. The van der Waals surface area contributed by atoms with Crippen LogP contribution in [0, 0.1) is 6.92 Å². The van der Waals surface area contributed by atoms with Crippen molar-refractivity contribution in [1.82, 2.24) is 9.88 Å². The Balaban J connectivity index is 1.42. The summed E-state index contributed by atoms with van der Waals surface area (Å²) in [5.74, 6) is 1.62. The van der Waals surface area contributed by atoms with Crippen molar-refractivity contribution in [3.8, 4) is 11.5 Å². The van der Waals surface area contributed by atoms with Gasteiger partial charge in [0.2, 0.25) is 0 Å². The van der Waals surface area contributed by atoms with Crippen molar-refractivity contribution in [2.24, 2.45) is 0 Å². The lowest BCUT2D eigenvalue weighted by Gasteiger charge is -2.32. The standard InChI is InChI=1S/C22H29N3O3/c1-3-4-15-27-19-9-6-18(7-10-19)24-22(26)25-13-11-20(12-14-25)28-21-8-5-17(2)23-16-21/h5-10,16,20H,3-4,11-15H2,1-2H3,(H,24,26). The first-order chi connectivity index (χ1) is 13.6. The number of carbonyl (C=O) groups excluding carboxylic acids is 1. The highest BCUT2D eigenvalue weighted by Crippen LogP contribution is 2.20. The van der Waals surface area contributed by atoms with Gasteiger partial charge in [0.25, 0.3) is 0 Å². The Bertz CT molecular complexity index is 739. The van der Waals surface area contributed by atoms with Crippen LogP contribution in [0.25, 0.3) is 0 Å². The van der Waals surface area contributed by atoms with Gasteiger partial charge < -0.3 is 19.7 Å². The van der Waals surface area contributed by atoms with Crippen LogP contribution in [-0.4, -0.2) is 41.7 Å². The number of anilines is 1. The van der Waals surface area contributed by atoms with Crippen LogP contribution in [0.3, 0.4) is 0 Å². The minimum atomic E-state index is -0.0740. The van der Waals surface area contributed by atoms with Gasteiger partial charge in [-0.3, -0.25) is 4.98 Å². The normalized spacial score (nSPS) is 14.6. The highest BCUT2D eigenvalue weighted by atomic mass is 16.5. The molecule has 3 rings (SSSR count). The van der Waals surface area contributed by atoms with Gasteiger partial charge >= 0.3 is 6.03 Å². The van der Waals surface area contributed by atoms with E-state index in [2.05, 4.69) is 17.2 Å². The molecule has 28 heavy (non-hydrogen) atoms. The van der Waals surface area contributed by atoms with Gasteiger partial charge in [0.1, 0.15) is 17.6 Å². The molecule has 6 nitrogen and oxygen atoms in total. The fraction of sp³-hybridized carbons (Fsp3) is 0.455. The van der Waals surface area contributed by atoms with E-state index in [0.29, 0.717) is 13.1 Å². The maximum absolute atomic E-state index is 12.5. The van der Waals surface area contributed by atoms with Crippen molar-refractivity contribution in [2.45, 2.75) is 45.6 Å². The number of likely N-dealkylation sites (tertiary alicyclic amines) is 1. The Kier molecular flexibility index (Phi) is 7.12. The van der Waals surface area contributed by atoms with E-state index in [1.165, 1.54) is 0 Å². The van der Waals surface area contributed by atoms with Gasteiger partial charge in [-0.15, -0.1) is 0 Å². The molecule has 1 fully saturated rings. The van der Waals surface area contributed by atoms with Crippen LogP contribution in [0.15, 0.2) is 42.6 Å². The second-order valence-electron chi connectivity index (χ2n) is 7.10. The molecule has 1 aliphatic heterocycles. The summed E-state index contributed by atoms with van der Waals surface area (Å²) in [6, 6.07) is 11.3. The third-order valence-corrected chi connectivity index (χ3v) is 4.79. The number of rotatable bonds is 7. The average Bonchev–Trinajstić information content (AvgIpc) is 2.72. The van der Waals surface area contributed by atoms with Crippen LogP contribution >= 0.6 is 0 Å². The van der Waals surface area contributed by atoms with Crippen molar-refractivity contribution in [2.75, 3.05) is 25.0 Å². The highest BCUT2D eigenvalue weighted by Gasteiger charge is 2.24. The van der Waals surface area contributed by atoms with E-state index in [-0.39, 0.29) is 12.1 Å². The maximum Gasteiger partial charge on any atom is 0.321 e. The molecule has 0 bridgehead atoms. The Morgan fingerprint density at radius 3 is 2.50 bits per heavy atom. The van der Waals surface area contributed by atoms with Crippen LogP contribution in [0.4, 0.5) is 10.5 Å². The summed E-state index contributed by atoms with van der Waals surface area (Å²) in [4.78, 5) is 18.6. The zero-order chi connectivity index (χ0) is 19.8. The number of pyridine rings is 1. The molecule has 1 aliphatic rings. The number of piperidine rings is 1. The molecule has 0 saturated carbocycles. The van der Waals surface area contributed by atoms with Gasteiger partial charge in [-0.25, -0.2) is 4.79 Å². The van der Waals surface area contributed by atoms with E-state index in [9.17, 15) is 4.79 Å². The predicted octanol–water partition coefficient (Wildman–Crippen LogP) is 4.64. The highest BCUT2D eigenvalue weighted by molar-refractivity contribution is 5.89. The number of hydrogen-bond acceptors (Lipinski definition) is 4. The van der Waals surface area contributed by atoms with Crippen LogP contribution in [0.2, 0.25) is 0 Å². The number of unbranched alkanes of at least 4 members (excludes halogenated alkanes) is 1. The zero-order valence-electron chi connectivity index (χ0n) is 16.7. The second-order valence-corrected chi connectivity index (χ2v) is 7.10. The van der Waals surface area contributed by atoms with Gasteiger partial charge in [-0.2, -0.15) is 0 Å². The molecule has 0 radical (unpaired) electrons. The van der Waals surface area contributed by atoms with Gasteiger partial charge in [-0.1, -0.05) is 13.3 Å². The number of hydrogen-bond donors (Lipinski definition) is 1. The van der Waals surface area contributed by atoms with E-state index >= 15 is 0 Å². The summed E-state index contributed by atoms with van der Waals surface area (Å²) in [6.45, 7) is 6.16. The maximum atomic E-state index is 12.5. The number of urea groups is 1. The summed E-state index contributed by atoms with van der Waals surface area (Å²) in [5.41, 5.74) is 1.75. The van der Waals surface area contributed by atoms with E-state index in [4.69, 9.17) is 9.47 Å². The van der Waals surface area contributed by atoms with Crippen molar-refractivity contribution >= 4 is 11.7 Å². The Morgan fingerprint density at radius 2 is 1.86 bits per heavy atom. The first kappa shape index (κ1) is 20.0. The summed E-state index contributed by atoms with van der Waals surface area (Å²) in [5, 5.41) is 2.96. The minimum absolute atomic E-state index is 0.0740. The predicted molar refractivity (Wildman–Crippen MR) is 110 cm³/mol. The molecule has 0 aliphatic carbocycles. The third kappa shape index (κ3) is 5.87. The number of benzene rings is 1. The molecule has 150 valence electrons. The molecule has 0 atom stereocenters. The van der Waals surface area contributed by atoms with E-state index < -0.39 is 0 Å². The van der Waals surface area contributed by atoms with Crippen molar-refractivity contribution in [3.05, 3.63) is 48.3 Å². The molecule has 0 spiro atoms. The van der Waals surface area contributed by atoms with E-state index in [0.717, 1.165) is 55.2 Å². The van der Waals surface area contributed by atoms with Gasteiger partial charge in [-0.05, 0) is 49.7 Å². The molecule has 2 heterocycles. The number of nitrogens with zero attached hydrogens (tertiary/aromatic N) is 2. The quantitative estimate of drug-likeness (QED) is 0.707. The molecule has 0 unspecified atom stereocenters. The van der Waals surface area contributed by atoms with Crippen LogP contribution < -0.4 is 14.8 Å². The summed E-state index contributed by atoms with van der Waals surface area (Å²) in [6.07, 6.45) is 5.64. The summed E-state index contributed by atoms with van der Waals surface area (Å²) in [7, 11) is 0. The van der Waals surface area contributed by atoms with Crippen molar-refractivity contribution in [3.63, 3.8) is 0 Å². The number of amides is 2. The van der Waals surface area contributed by atoms with E-state index in [1.54, 1.807) is 6.20 Å². The first-order valence-electron chi connectivity index (χ1n) is 10.0. The molecule has 1 aromatic carbocycles. The Labute approximate surface area is 166 Å². The largest absolute Gasteiger partial charge is 0.494 e. The monoisotopic (exact) mass is 383 g/mol. The van der Waals surface area contributed by atoms with Crippen LogP contribution in [0.5, 0.6) is 11.5 Å². The minimum Gasteiger partial charge on any atom is -0.494 e. The lowest BCUT2D eigenvalue weighted by Crippen LogP contribution is -2.43. The van der Waals surface area contributed by atoms with Crippen LogP contribution in [0.1, 0.15) is 38.3 Å². The van der Waals surface area contributed by atoms with Crippen molar-refractivity contribution < 1.29 is 14.3 Å². The number of ether oxygens (including phenoxy) is 2. The number of carbonyl (C=O) groups is 1. The third-order valence-electron chi connectivity index (χ3n) is 4.79. The van der Waals surface area contributed by atoms with Gasteiger partial charge in [0.15, 0.2) is 0 Å². The summed E-state index contributed by atoms with van der Waals surface area (Å²) < 4.78 is 11.6. The SMILES string of the molecule is CCCCOc1ccc(NC(=O)N2CCC(Oc3ccc(C)nc3)CC2)cc1. The lowest BCUT2D eigenvalue weighted by molar-refractivity contribution is 0.115. The first-order valence-corrected chi connectivity index (χ1v) is 10.0. The molecule has 2 amide bonds. The average molecular weight is 383 g/mol. The fourth-order valence-corrected chi connectivity index (χ4v) is 3.06. The molecule has 1 saturated heterocycles. The fourth-order valence-electron chi connectivity index (χ4n) is 3.06. The van der Waals surface area contributed by atoms with Gasteiger partial charge in [0, 0.05) is 37.3 Å². The lowest BCUT2D eigenvalue weighted by atomic mass is 10.1. The van der Waals surface area contributed by atoms with Crippen molar-refractivity contribution in [1.29, 1.82) is 0 Å². The molecule has 6 heteroatoms. The van der Waals surface area contributed by atoms with E-state index in [1.807, 2.05) is 48.2 Å². The molecule has 1 aromatic heterocycles. The zero-order valence-corrected chi connectivity index (χ0v) is 16.7. The van der Waals surface area contributed by atoms with Gasteiger partial charge in [0.05, 0.1) is 12.8 Å². The Hall–Kier alpha value is -2.76. The Morgan fingerprint density at radius 1 is 1.14 bits per heavy atom. The molecular weight excluding hydrogens is 354 g/mol. The topological polar surface area (TPSA) is 63.7 Å². The van der Waals surface area contributed by atoms with Crippen LogP contribution in [-0.2, 0) is 0 Å². The smallest absolute Gasteiger partial charge is 0.321 e. The number of aryl methyl sites for hydroxylation is 1. The number of nitrogens with one attached hydrogen (secondary N) is 1. The number of aromatic nitrogens is 1.